The van der Waals surface area contributed by atoms with Gasteiger partial charge in [0.1, 0.15) is 0 Å². The first-order valence-electron chi connectivity index (χ1n) is 5.00. The summed E-state index contributed by atoms with van der Waals surface area (Å²) in [4.78, 5) is 22.1. The van der Waals surface area contributed by atoms with Gasteiger partial charge >= 0.3 is 17.7 Å². The zero-order valence-corrected chi connectivity index (χ0v) is 8.06. The maximum absolute atomic E-state index is 13.2. The number of nitrogens with one attached hydrogen (secondary N) is 2. The van der Waals surface area contributed by atoms with E-state index in [9.17, 15) is 18.4 Å². The van der Waals surface area contributed by atoms with Crippen molar-refractivity contribution in [3.63, 3.8) is 0 Å². The second-order valence-electron chi connectivity index (χ2n) is 4.07. The van der Waals surface area contributed by atoms with E-state index in [2.05, 4.69) is 10.6 Å². The van der Waals surface area contributed by atoms with E-state index >= 15 is 0 Å². The van der Waals surface area contributed by atoms with Crippen molar-refractivity contribution in [3.8, 4) is 0 Å². The van der Waals surface area contributed by atoms with E-state index in [-0.39, 0.29) is 12.1 Å². The lowest BCUT2D eigenvalue weighted by Gasteiger charge is -2.15. The second-order valence-corrected chi connectivity index (χ2v) is 4.07. The lowest BCUT2D eigenvalue weighted by Crippen LogP contribution is -2.52. The van der Waals surface area contributed by atoms with Crippen LogP contribution >= 0.6 is 0 Å². The normalized spacial score (nSPS) is 20.9. The standard InChI is InChI=1S/C9H12F2N2O2/c10-9(11,7(14)12-5-1-2-5)8(15)13-6-3-4-6/h5-6H,1-4H2,(H,12,14)(H,13,15). The van der Waals surface area contributed by atoms with Gasteiger partial charge in [-0.2, -0.15) is 8.78 Å². The molecule has 0 aromatic heterocycles. The van der Waals surface area contributed by atoms with Gasteiger partial charge in [-0.05, 0) is 25.7 Å². The van der Waals surface area contributed by atoms with Gasteiger partial charge in [-0.25, -0.2) is 0 Å². The van der Waals surface area contributed by atoms with E-state index in [0.29, 0.717) is 25.7 Å². The van der Waals surface area contributed by atoms with Gasteiger partial charge in [-0.15, -0.1) is 0 Å². The van der Waals surface area contributed by atoms with E-state index < -0.39 is 17.7 Å². The number of hydrogen-bond acceptors (Lipinski definition) is 2. The summed E-state index contributed by atoms with van der Waals surface area (Å²) in [6.45, 7) is 0. The molecule has 0 bridgehead atoms. The molecule has 0 aliphatic heterocycles. The molecule has 0 aromatic rings. The molecule has 0 unspecified atom stereocenters. The molecule has 6 heteroatoms. The van der Waals surface area contributed by atoms with Crippen molar-refractivity contribution in [1.82, 2.24) is 10.6 Å². The van der Waals surface area contributed by atoms with Crippen LogP contribution in [-0.2, 0) is 9.59 Å². The zero-order valence-electron chi connectivity index (χ0n) is 8.06. The number of rotatable bonds is 4. The van der Waals surface area contributed by atoms with E-state index in [0.717, 1.165) is 0 Å². The van der Waals surface area contributed by atoms with Crippen LogP contribution in [-0.4, -0.2) is 29.8 Å². The molecule has 2 amide bonds. The van der Waals surface area contributed by atoms with Crippen LogP contribution in [0.2, 0.25) is 0 Å². The van der Waals surface area contributed by atoms with Crippen molar-refractivity contribution in [2.45, 2.75) is 43.7 Å². The third kappa shape index (κ3) is 2.43. The summed E-state index contributed by atoms with van der Waals surface area (Å²) in [5.74, 6) is -6.91. The zero-order chi connectivity index (χ0) is 11.1. The van der Waals surface area contributed by atoms with Gasteiger partial charge in [0.15, 0.2) is 0 Å². The Morgan fingerprint density at radius 3 is 1.53 bits per heavy atom. The Kier molecular flexibility index (Phi) is 2.36. The van der Waals surface area contributed by atoms with Gasteiger partial charge in [-0.3, -0.25) is 9.59 Å². The maximum atomic E-state index is 13.2. The molecule has 2 N–H and O–H groups in total. The van der Waals surface area contributed by atoms with Gasteiger partial charge in [0, 0.05) is 12.1 Å². The van der Waals surface area contributed by atoms with Crippen LogP contribution in [0.25, 0.3) is 0 Å². The average molecular weight is 218 g/mol. The largest absolute Gasteiger partial charge is 0.400 e. The van der Waals surface area contributed by atoms with Crippen molar-refractivity contribution >= 4 is 11.8 Å². The lowest BCUT2D eigenvalue weighted by molar-refractivity contribution is -0.160. The van der Waals surface area contributed by atoms with Crippen LogP contribution < -0.4 is 10.6 Å². The molecule has 0 saturated heterocycles. The van der Waals surface area contributed by atoms with Crippen molar-refractivity contribution in [1.29, 1.82) is 0 Å². The molecule has 0 atom stereocenters. The molecule has 2 fully saturated rings. The molecule has 0 heterocycles. The number of halogens is 2. The summed E-state index contributed by atoms with van der Waals surface area (Å²) in [6, 6.07) is -0.339. The van der Waals surface area contributed by atoms with E-state index in [4.69, 9.17) is 0 Å². The fraction of sp³-hybridized carbons (Fsp3) is 0.778. The Hall–Kier alpha value is -1.20. The Morgan fingerprint density at radius 2 is 1.27 bits per heavy atom. The van der Waals surface area contributed by atoms with Crippen molar-refractivity contribution in [3.05, 3.63) is 0 Å². The Balaban J connectivity index is 1.89. The molecule has 0 aromatic carbocycles. The summed E-state index contributed by atoms with van der Waals surface area (Å²) >= 11 is 0. The fourth-order valence-corrected chi connectivity index (χ4v) is 1.11. The first-order chi connectivity index (χ1) is 7.00. The maximum Gasteiger partial charge on any atom is 0.400 e. The molecule has 4 nitrogen and oxygen atoms in total. The smallest absolute Gasteiger partial charge is 0.348 e. The van der Waals surface area contributed by atoms with Crippen LogP contribution in [0.15, 0.2) is 0 Å². The molecule has 0 radical (unpaired) electrons. The first-order valence-corrected chi connectivity index (χ1v) is 5.00. The summed E-state index contributed by atoms with van der Waals surface area (Å²) in [7, 11) is 0. The minimum Gasteiger partial charge on any atom is -0.348 e. The average Bonchev–Trinajstić information content (AvgIpc) is 2.97. The van der Waals surface area contributed by atoms with Crippen molar-refractivity contribution in [2.75, 3.05) is 0 Å². The molecule has 15 heavy (non-hydrogen) atoms. The molecular formula is C9H12F2N2O2. The van der Waals surface area contributed by atoms with Crippen LogP contribution in [0.5, 0.6) is 0 Å². The summed E-state index contributed by atoms with van der Waals surface area (Å²) in [5.41, 5.74) is 0. The number of carbonyl (C=O) groups excluding carboxylic acids is 2. The minimum atomic E-state index is -3.94. The topological polar surface area (TPSA) is 58.2 Å². The summed E-state index contributed by atoms with van der Waals surface area (Å²) in [6.07, 6.45) is 2.86. The third-order valence-corrected chi connectivity index (χ3v) is 2.40. The van der Waals surface area contributed by atoms with Crippen molar-refractivity contribution in [2.24, 2.45) is 0 Å². The molecule has 2 aliphatic carbocycles. The van der Waals surface area contributed by atoms with Crippen LogP contribution in [0.3, 0.4) is 0 Å². The van der Waals surface area contributed by atoms with Gasteiger partial charge in [0.2, 0.25) is 0 Å². The Bertz CT molecular complexity index is 270. The highest BCUT2D eigenvalue weighted by molar-refractivity contribution is 6.06. The molecule has 2 rings (SSSR count). The molecular weight excluding hydrogens is 206 g/mol. The lowest BCUT2D eigenvalue weighted by atomic mass is 10.3. The van der Waals surface area contributed by atoms with Crippen molar-refractivity contribution < 1.29 is 18.4 Å². The fourth-order valence-electron chi connectivity index (χ4n) is 1.11. The molecule has 2 saturated carbocycles. The van der Waals surface area contributed by atoms with E-state index in [1.807, 2.05) is 0 Å². The van der Waals surface area contributed by atoms with Gasteiger partial charge < -0.3 is 10.6 Å². The molecule has 0 spiro atoms. The number of amides is 2. The second kappa shape index (κ2) is 3.43. The van der Waals surface area contributed by atoms with E-state index in [1.165, 1.54) is 0 Å². The summed E-state index contributed by atoms with van der Waals surface area (Å²) < 4.78 is 26.3. The van der Waals surface area contributed by atoms with Gasteiger partial charge in [-0.1, -0.05) is 0 Å². The van der Waals surface area contributed by atoms with E-state index in [1.54, 1.807) is 0 Å². The monoisotopic (exact) mass is 218 g/mol. The van der Waals surface area contributed by atoms with Crippen LogP contribution in [0.4, 0.5) is 8.78 Å². The minimum absolute atomic E-state index is 0.169. The third-order valence-electron chi connectivity index (χ3n) is 2.40. The number of carbonyl (C=O) groups is 2. The highest BCUT2D eigenvalue weighted by atomic mass is 19.3. The highest BCUT2D eigenvalue weighted by Gasteiger charge is 2.49. The van der Waals surface area contributed by atoms with Gasteiger partial charge in [0.25, 0.3) is 0 Å². The Morgan fingerprint density at radius 1 is 0.933 bits per heavy atom. The molecule has 2 aliphatic rings. The van der Waals surface area contributed by atoms with Crippen LogP contribution in [0, 0.1) is 0 Å². The Labute approximate surface area is 85.4 Å². The predicted molar refractivity (Wildman–Crippen MR) is 47.3 cm³/mol. The highest BCUT2D eigenvalue weighted by Crippen LogP contribution is 2.24. The molecule has 84 valence electrons. The van der Waals surface area contributed by atoms with Crippen LogP contribution in [0.1, 0.15) is 25.7 Å². The SMILES string of the molecule is O=C(NC1CC1)C(F)(F)C(=O)NC1CC1. The number of hydrogen-bond donors (Lipinski definition) is 2. The van der Waals surface area contributed by atoms with Gasteiger partial charge in [0.05, 0.1) is 0 Å². The number of alkyl halides is 2. The quantitative estimate of drug-likeness (QED) is 0.661. The summed E-state index contributed by atoms with van der Waals surface area (Å²) in [5, 5.41) is 4.24. The predicted octanol–water partition coefficient (Wildman–Crippen LogP) is 0.179. The first kappa shape index (κ1) is 10.3.